The molecule has 0 unspecified atom stereocenters. The topological polar surface area (TPSA) is 44.1 Å². The first kappa shape index (κ1) is 16.6. The van der Waals surface area contributed by atoms with Crippen molar-refractivity contribution in [1.82, 2.24) is 4.90 Å². The van der Waals surface area contributed by atoms with Crippen LogP contribution in [0.2, 0.25) is 0 Å². The van der Waals surface area contributed by atoms with Crippen LogP contribution in [-0.2, 0) is 0 Å². The van der Waals surface area contributed by atoms with Gasteiger partial charge in [0.05, 0.1) is 11.1 Å². The minimum atomic E-state index is 0.0851. The average Bonchev–Trinajstić information content (AvgIpc) is 3.44. The van der Waals surface area contributed by atoms with Crippen molar-refractivity contribution in [2.45, 2.75) is 29.6 Å². The van der Waals surface area contributed by atoms with Crippen molar-refractivity contribution >= 4 is 17.7 Å². The van der Waals surface area contributed by atoms with Crippen LogP contribution in [0.5, 0.6) is 0 Å². The second-order valence-electron chi connectivity index (χ2n) is 5.99. The van der Waals surface area contributed by atoms with Crippen molar-refractivity contribution in [3.05, 3.63) is 59.7 Å². The zero-order chi connectivity index (χ0) is 16.9. The van der Waals surface area contributed by atoms with Crippen LogP contribution in [0.1, 0.15) is 35.7 Å². The number of amides is 1. The molecular weight excluding hydrogens is 316 g/mol. The maximum absolute atomic E-state index is 13.0. The van der Waals surface area contributed by atoms with E-state index in [0.29, 0.717) is 11.5 Å². The number of hydrogen-bond acceptors (Lipinski definition) is 3. The van der Waals surface area contributed by atoms with Crippen molar-refractivity contribution in [2.24, 2.45) is 5.92 Å². The highest BCUT2D eigenvalue weighted by atomic mass is 32.2. The highest BCUT2D eigenvalue weighted by molar-refractivity contribution is 7.99. The van der Waals surface area contributed by atoms with Gasteiger partial charge in [0, 0.05) is 22.9 Å². The molecule has 0 aliphatic heterocycles. The Labute approximate surface area is 147 Å². The van der Waals surface area contributed by atoms with Gasteiger partial charge in [-0.15, -0.1) is 0 Å². The Morgan fingerprint density at radius 2 is 1.83 bits per heavy atom. The van der Waals surface area contributed by atoms with Crippen LogP contribution >= 0.6 is 11.8 Å². The Morgan fingerprint density at radius 3 is 2.50 bits per heavy atom. The molecule has 3 nitrogen and oxygen atoms in total. The summed E-state index contributed by atoms with van der Waals surface area (Å²) in [6, 6.07) is 17.4. The van der Waals surface area contributed by atoms with Gasteiger partial charge >= 0.3 is 0 Å². The van der Waals surface area contributed by atoms with Crippen molar-refractivity contribution in [3.8, 4) is 6.07 Å². The fourth-order valence-electron chi connectivity index (χ4n) is 2.64. The normalized spacial score (nSPS) is 13.3. The molecule has 0 bridgehead atoms. The quantitative estimate of drug-likeness (QED) is 0.775. The lowest BCUT2D eigenvalue weighted by Crippen LogP contribution is -2.33. The van der Waals surface area contributed by atoms with E-state index in [2.05, 4.69) is 6.07 Å². The van der Waals surface area contributed by atoms with Crippen LogP contribution in [0.25, 0.3) is 0 Å². The fourth-order valence-corrected chi connectivity index (χ4v) is 3.66. The van der Waals surface area contributed by atoms with E-state index >= 15 is 0 Å². The van der Waals surface area contributed by atoms with Crippen molar-refractivity contribution in [3.63, 3.8) is 0 Å². The van der Waals surface area contributed by atoms with E-state index in [1.165, 1.54) is 24.6 Å². The second kappa shape index (κ2) is 7.55. The summed E-state index contributed by atoms with van der Waals surface area (Å²) < 4.78 is 0. The molecule has 1 aliphatic rings. The molecule has 3 rings (SSSR count). The second-order valence-corrected chi connectivity index (χ2v) is 7.08. The Kier molecular flexibility index (Phi) is 5.22. The summed E-state index contributed by atoms with van der Waals surface area (Å²) >= 11 is 1.49. The highest BCUT2D eigenvalue weighted by Gasteiger charge is 2.27. The van der Waals surface area contributed by atoms with Gasteiger partial charge in [0.2, 0.25) is 0 Å². The number of benzene rings is 2. The monoisotopic (exact) mass is 336 g/mol. The maximum atomic E-state index is 13.0. The van der Waals surface area contributed by atoms with Crippen LogP contribution in [-0.4, -0.2) is 23.9 Å². The van der Waals surface area contributed by atoms with Gasteiger partial charge in [0.25, 0.3) is 5.91 Å². The van der Waals surface area contributed by atoms with Crippen LogP contribution in [0.3, 0.4) is 0 Å². The predicted octanol–water partition coefficient (Wildman–Crippen LogP) is 4.58. The molecule has 0 heterocycles. The number of rotatable bonds is 6. The number of nitrogens with zero attached hydrogens (tertiary/aromatic N) is 2. The van der Waals surface area contributed by atoms with Crippen LogP contribution in [0.4, 0.5) is 0 Å². The molecule has 1 saturated carbocycles. The van der Waals surface area contributed by atoms with Crippen molar-refractivity contribution in [1.29, 1.82) is 5.26 Å². The Hall–Kier alpha value is -2.25. The molecule has 0 atom stereocenters. The number of carbonyl (C=O) groups excluding carboxylic acids is 1. The Morgan fingerprint density at radius 1 is 1.17 bits per heavy atom. The summed E-state index contributed by atoms with van der Waals surface area (Å²) in [7, 11) is 0. The average molecular weight is 336 g/mol. The smallest absolute Gasteiger partial charge is 0.255 e. The zero-order valence-corrected chi connectivity index (χ0v) is 14.6. The molecule has 122 valence electrons. The van der Waals surface area contributed by atoms with Crippen LogP contribution in [0, 0.1) is 17.2 Å². The van der Waals surface area contributed by atoms with Gasteiger partial charge in [-0.2, -0.15) is 5.26 Å². The number of hydrogen-bond donors (Lipinski definition) is 0. The van der Waals surface area contributed by atoms with Crippen LogP contribution in [0.15, 0.2) is 58.3 Å². The Bertz CT molecular complexity index is 777. The summed E-state index contributed by atoms with van der Waals surface area (Å²) in [6.07, 6.45) is 2.46. The van der Waals surface area contributed by atoms with E-state index in [9.17, 15) is 10.1 Å². The predicted molar refractivity (Wildman–Crippen MR) is 96.0 cm³/mol. The van der Waals surface area contributed by atoms with E-state index in [0.717, 1.165) is 28.4 Å². The number of nitriles is 1. The molecule has 0 saturated heterocycles. The first-order chi connectivity index (χ1) is 11.7. The van der Waals surface area contributed by atoms with Gasteiger partial charge < -0.3 is 4.90 Å². The minimum Gasteiger partial charge on any atom is -0.339 e. The molecule has 0 N–H and O–H groups in total. The molecular formula is C20H20N2OS. The summed E-state index contributed by atoms with van der Waals surface area (Å²) in [6.45, 7) is 3.60. The zero-order valence-electron chi connectivity index (χ0n) is 13.7. The molecule has 2 aromatic carbocycles. The van der Waals surface area contributed by atoms with Gasteiger partial charge in [0.15, 0.2) is 0 Å². The molecule has 2 aromatic rings. The van der Waals surface area contributed by atoms with Crippen molar-refractivity contribution in [2.75, 3.05) is 13.1 Å². The minimum absolute atomic E-state index is 0.0851. The fraction of sp³-hybridized carbons (Fsp3) is 0.300. The van der Waals surface area contributed by atoms with E-state index in [4.69, 9.17) is 0 Å². The SMILES string of the molecule is CCN(CC1CC1)C(=O)c1ccccc1Sc1ccccc1C#N. The molecule has 4 heteroatoms. The van der Waals surface area contributed by atoms with Gasteiger partial charge in [-0.25, -0.2) is 0 Å². The standard InChI is InChI=1S/C20H20N2OS/c1-2-22(14-15-11-12-15)20(23)17-8-4-6-10-19(17)24-18-9-5-3-7-16(18)13-21/h3-10,15H,2,11-12,14H2,1H3. The van der Waals surface area contributed by atoms with Gasteiger partial charge in [-0.05, 0) is 49.9 Å². The van der Waals surface area contributed by atoms with Crippen molar-refractivity contribution < 1.29 is 4.79 Å². The third-order valence-corrected chi connectivity index (χ3v) is 5.34. The molecule has 1 aliphatic carbocycles. The van der Waals surface area contributed by atoms with Gasteiger partial charge in [-0.1, -0.05) is 36.0 Å². The molecule has 1 amide bonds. The lowest BCUT2D eigenvalue weighted by molar-refractivity contribution is 0.0753. The van der Waals surface area contributed by atoms with E-state index in [-0.39, 0.29) is 5.91 Å². The van der Waals surface area contributed by atoms with E-state index < -0.39 is 0 Å². The third-order valence-electron chi connectivity index (χ3n) is 4.19. The van der Waals surface area contributed by atoms with Gasteiger partial charge in [-0.3, -0.25) is 4.79 Å². The Balaban J connectivity index is 1.87. The molecule has 0 radical (unpaired) electrons. The molecule has 0 aromatic heterocycles. The maximum Gasteiger partial charge on any atom is 0.255 e. The van der Waals surface area contributed by atoms with Gasteiger partial charge in [0.1, 0.15) is 6.07 Å². The first-order valence-electron chi connectivity index (χ1n) is 8.28. The lowest BCUT2D eigenvalue weighted by atomic mass is 10.2. The highest BCUT2D eigenvalue weighted by Crippen LogP contribution is 2.34. The van der Waals surface area contributed by atoms with E-state index in [1.807, 2.05) is 54.3 Å². The third kappa shape index (κ3) is 3.80. The van der Waals surface area contributed by atoms with Crippen LogP contribution < -0.4 is 0 Å². The largest absolute Gasteiger partial charge is 0.339 e. The molecule has 1 fully saturated rings. The molecule has 24 heavy (non-hydrogen) atoms. The summed E-state index contributed by atoms with van der Waals surface area (Å²) in [5.74, 6) is 0.759. The first-order valence-corrected chi connectivity index (χ1v) is 9.10. The summed E-state index contributed by atoms with van der Waals surface area (Å²) in [4.78, 5) is 16.7. The summed E-state index contributed by atoms with van der Waals surface area (Å²) in [5, 5.41) is 9.27. The molecule has 0 spiro atoms. The van der Waals surface area contributed by atoms with E-state index in [1.54, 1.807) is 6.07 Å². The lowest BCUT2D eigenvalue weighted by Gasteiger charge is -2.22. The number of carbonyl (C=O) groups is 1. The summed E-state index contributed by atoms with van der Waals surface area (Å²) in [5.41, 5.74) is 1.35.